The Kier molecular flexibility index (Phi) is 16.1. The molecule has 0 aromatic heterocycles. The summed E-state index contributed by atoms with van der Waals surface area (Å²) < 4.78 is 61.4. The number of carbonyl (C=O) groups is 6. The number of hydrogen-bond donors (Lipinski definition) is 0. The van der Waals surface area contributed by atoms with Crippen molar-refractivity contribution in [2.45, 2.75) is 55.3 Å². The molecule has 0 spiro atoms. The molecular formula is C54H46O16. The van der Waals surface area contributed by atoms with Crippen LogP contribution < -0.4 is 0 Å². The zero-order chi connectivity index (χ0) is 48.8. The van der Waals surface area contributed by atoms with Crippen molar-refractivity contribution in [3.8, 4) is 0 Å². The number of benzene rings is 6. The molecule has 358 valence electrons. The average molecular weight is 951 g/mol. The van der Waals surface area contributed by atoms with E-state index in [4.69, 9.17) is 47.4 Å². The lowest BCUT2D eigenvalue weighted by Crippen LogP contribution is -2.63. The molecule has 6 aromatic rings. The molecule has 2 heterocycles. The standard InChI is InChI=1S/C54H46O16/c1-61-53-46(69-52(60)39-30-18-7-19-31-39)44(42(66-49(57)36-24-12-4-13-25-36)40(64-53)32-62-47(55)34-20-8-2-9-21-34)70-54-45(68-51(59)38-28-16-6-17-29-38)43(67-50(58)37-26-14-5-15-27-37)41(65-54)33-63-48(56)35-22-10-3-11-23-35/h2-31,40-46,53-54H,32-33H2,1H3/t40-,41+,42+,43+,44+,45-,46-,53-,54+/m1/s1. The predicted molar refractivity (Wildman–Crippen MR) is 245 cm³/mol. The van der Waals surface area contributed by atoms with Gasteiger partial charge in [-0.25, -0.2) is 28.8 Å². The van der Waals surface area contributed by atoms with Crippen LogP contribution in [0.3, 0.4) is 0 Å². The van der Waals surface area contributed by atoms with Crippen molar-refractivity contribution in [3.63, 3.8) is 0 Å². The molecule has 2 saturated heterocycles. The topological polar surface area (TPSA) is 195 Å². The molecular weight excluding hydrogens is 905 g/mol. The van der Waals surface area contributed by atoms with Crippen LogP contribution in [0.25, 0.3) is 0 Å². The molecule has 2 aliphatic heterocycles. The molecule has 0 N–H and O–H groups in total. The van der Waals surface area contributed by atoms with E-state index in [0.29, 0.717) is 0 Å². The van der Waals surface area contributed by atoms with Gasteiger partial charge in [-0.1, -0.05) is 109 Å². The highest BCUT2D eigenvalue weighted by molar-refractivity contribution is 5.92. The van der Waals surface area contributed by atoms with Gasteiger partial charge in [-0.3, -0.25) is 0 Å². The van der Waals surface area contributed by atoms with Crippen LogP contribution in [0.15, 0.2) is 182 Å². The summed E-state index contributed by atoms with van der Waals surface area (Å²) in [4.78, 5) is 82.8. The minimum absolute atomic E-state index is 0.100. The quantitative estimate of drug-likeness (QED) is 0.0664. The van der Waals surface area contributed by atoms with E-state index in [1.165, 1.54) is 55.6 Å². The van der Waals surface area contributed by atoms with Gasteiger partial charge in [0.2, 0.25) is 0 Å². The van der Waals surface area contributed by atoms with Gasteiger partial charge >= 0.3 is 35.8 Å². The highest BCUT2D eigenvalue weighted by atomic mass is 16.8. The number of rotatable bonds is 17. The van der Waals surface area contributed by atoms with Crippen LogP contribution in [0.4, 0.5) is 0 Å². The summed E-state index contributed by atoms with van der Waals surface area (Å²) in [5.74, 6) is -5.00. The van der Waals surface area contributed by atoms with Gasteiger partial charge in [0.1, 0.15) is 31.5 Å². The zero-order valence-corrected chi connectivity index (χ0v) is 37.5. The smallest absolute Gasteiger partial charge is 0.338 e. The Bertz CT molecular complexity index is 2690. The summed E-state index contributed by atoms with van der Waals surface area (Å²) in [5.41, 5.74) is 0.862. The summed E-state index contributed by atoms with van der Waals surface area (Å²) in [7, 11) is 1.26. The number of esters is 6. The Labute approximate surface area is 401 Å². The molecule has 9 atom stereocenters. The molecule has 0 saturated carbocycles. The van der Waals surface area contributed by atoms with Crippen molar-refractivity contribution in [3.05, 3.63) is 215 Å². The second kappa shape index (κ2) is 23.3. The Morgan fingerprint density at radius 2 is 0.600 bits per heavy atom. The van der Waals surface area contributed by atoms with Gasteiger partial charge in [-0.15, -0.1) is 0 Å². The van der Waals surface area contributed by atoms with Crippen molar-refractivity contribution < 1.29 is 76.1 Å². The Hall–Kier alpha value is -8.02. The normalized spacial score (nSPS) is 22.7. The molecule has 0 unspecified atom stereocenters. The first-order chi connectivity index (χ1) is 34.2. The maximum atomic E-state index is 14.1. The predicted octanol–water partition coefficient (Wildman–Crippen LogP) is 7.08. The molecule has 16 heteroatoms. The van der Waals surface area contributed by atoms with E-state index >= 15 is 0 Å². The van der Waals surface area contributed by atoms with Crippen LogP contribution in [0.5, 0.6) is 0 Å². The summed E-state index contributed by atoms with van der Waals surface area (Å²) in [6.07, 6.45) is -14.2. The van der Waals surface area contributed by atoms with E-state index in [0.717, 1.165) is 0 Å². The Morgan fingerprint density at radius 3 is 0.914 bits per heavy atom. The molecule has 70 heavy (non-hydrogen) atoms. The van der Waals surface area contributed by atoms with Crippen molar-refractivity contribution in [1.82, 2.24) is 0 Å². The molecule has 2 fully saturated rings. The molecule has 6 aromatic carbocycles. The highest BCUT2D eigenvalue weighted by Gasteiger charge is 2.57. The molecule has 0 aliphatic carbocycles. The van der Waals surface area contributed by atoms with Crippen molar-refractivity contribution in [1.29, 1.82) is 0 Å². The van der Waals surface area contributed by atoms with Crippen LogP contribution in [0.2, 0.25) is 0 Å². The van der Waals surface area contributed by atoms with E-state index in [9.17, 15) is 28.8 Å². The number of ether oxygens (including phenoxy) is 10. The molecule has 0 radical (unpaired) electrons. The number of methoxy groups -OCH3 is 1. The lowest BCUT2D eigenvalue weighted by molar-refractivity contribution is -0.324. The third kappa shape index (κ3) is 12.0. The second-order valence-corrected chi connectivity index (χ2v) is 15.8. The van der Waals surface area contributed by atoms with Crippen LogP contribution in [-0.4, -0.2) is 111 Å². The van der Waals surface area contributed by atoms with Crippen molar-refractivity contribution >= 4 is 35.8 Å². The lowest BCUT2D eigenvalue weighted by Gasteiger charge is -2.45. The van der Waals surface area contributed by atoms with E-state index in [1.54, 1.807) is 133 Å². The number of carbonyl (C=O) groups excluding carboxylic acids is 6. The minimum atomic E-state index is -1.79. The van der Waals surface area contributed by atoms with Crippen LogP contribution >= 0.6 is 0 Å². The minimum Gasteiger partial charge on any atom is -0.459 e. The van der Waals surface area contributed by atoms with E-state index in [1.807, 2.05) is 0 Å². The Balaban J connectivity index is 1.21. The first-order valence-corrected chi connectivity index (χ1v) is 22.1. The summed E-state index contributed by atoms with van der Waals surface area (Å²) in [6.45, 7) is -1.13. The summed E-state index contributed by atoms with van der Waals surface area (Å²) >= 11 is 0. The Morgan fingerprint density at radius 1 is 0.343 bits per heavy atom. The largest absolute Gasteiger partial charge is 0.459 e. The van der Waals surface area contributed by atoms with E-state index in [-0.39, 0.29) is 33.4 Å². The summed E-state index contributed by atoms with van der Waals surface area (Å²) in [5, 5.41) is 0. The fraction of sp³-hybridized carbons (Fsp3) is 0.222. The molecule has 16 nitrogen and oxygen atoms in total. The highest BCUT2D eigenvalue weighted by Crippen LogP contribution is 2.36. The molecule has 2 aliphatic rings. The van der Waals surface area contributed by atoms with Gasteiger partial charge < -0.3 is 47.4 Å². The van der Waals surface area contributed by atoms with Gasteiger partial charge in [-0.05, 0) is 72.8 Å². The van der Waals surface area contributed by atoms with Crippen LogP contribution in [0, 0.1) is 0 Å². The van der Waals surface area contributed by atoms with E-state index in [2.05, 4.69) is 0 Å². The lowest BCUT2D eigenvalue weighted by atomic mass is 9.97. The van der Waals surface area contributed by atoms with Crippen LogP contribution in [0.1, 0.15) is 62.1 Å². The van der Waals surface area contributed by atoms with Crippen molar-refractivity contribution in [2.24, 2.45) is 0 Å². The maximum Gasteiger partial charge on any atom is 0.338 e. The third-order valence-corrected chi connectivity index (χ3v) is 11.2. The van der Waals surface area contributed by atoms with Gasteiger partial charge in [0.05, 0.1) is 33.4 Å². The van der Waals surface area contributed by atoms with Gasteiger partial charge in [0.25, 0.3) is 0 Å². The average Bonchev–Trinajstić information content (AvgIpc) is 3.73. The first-order valence-electron chi connectivity index (χ1n) is 22.1. The zero-order valence-electron chi connectivity index (χ0n) is 37.5. The van der Waals surface area contributed by atoms with Gasteiger partial charge in [0, 0.05) is 7.11 Å². The first kappa shape index (κ1) is 48.4. The van der Waals surface area contributed by atoms with Crippen molar-refractivity contribution in [2.75, 3.05) is 20.3 Å². The fourth-order valence-electron chi connectivity index (χ4n) is 7.68. The van der Waals surface area contributed by atoms with Crippen LogP contribution in [-0.2, 0) is 47.4 Å². The van der Waals surface area contributed by atoms with E-state index < -0.39 is 104 Å². The number of hydrogen-bond acceptors (Lipinski definition) is 16. The SMILES string of the molecule is CO[C@@H]1O[C@H](COC(=O)c2ccccc2)[C@H](OC(=O)c2ccccc2)[C@H](O[C@@H]2O[C@@H](COC(=O)c3ccccc3)[C@H](OC(=O)c3ccccc3)[C@H]2OC(=O)c2ccccc2)[C@H]1OC(=O)c1ccccc1. The van der Waals surface area contributed by atoms with Gasteiger partial charge in [-0.2, -0.15) is 0 Å². The fourth-order valence-corrected chi connectivity index (χ4v) is 7.68. The monoisotopic (exact) mass is 950 g/mol. The third-order valence-electron chi connectivity index (χ3n) is 11.2. The second-order valence-electron chi connectivity index (χ2n) is 15.8. The maximum absolute atomic E-state index is 14.1. The molecule has 0 bridgehead atoms. The molecule has 0 amide bonds. The molecule has 8 rings (SSSR count). The summed E-state index contributed by atoms with van der Waals surface area (Å²) in [6, 6.07) is 48.0. The van der Waals surface area contributed by atoms with Gasteiger partial charge in [0.15, 0.2) is 37.0 Å².